The molecule has 1 aliphatic heterocycles. The lowest BCUT2D eigenvalue weighted by Gasteiger charge is -2.33. The molecule has 0 saturated heterocycles. The Morgan fingerprint density at radius 2 is 2.19 bits per heavy atom. The summed E-state index contributed by atoms with van der Waals surface area (Å²) >= 11 is 1.20. The minimum absolute atomic E-state index is 0.0426. The second-order valence-electron chi connectivity index (χ2n) is 7.67. The Balaban J connectivity index is 1.57. The lowest BCUT2D eigenvalue weighted by molar-refractivity contribution is 0.0987. The van der Waals surface area contributed by atoms with Gasteiger partial charge < -0.3 is 10.5 Å². The fraction of sp³-hybridized carbons (Fsp3) is 0.381. The molecule has 3 heterocycles. The Bertz CT molecular complexity index is 1100. The molecule has 7 nitrogen and oxygen atoms in total. The number of halogens is 2. The SMILES string of the molecule is C#CCOc1cnc(C(=O)Cc2cnc(F)c([C@@]3(C)N=C(N)S[C@@]4(CF)C[C@H]43)c2)cn1. The molecule has 2 N–H and O–H groups in total. The van der Waals surface area contributed by atoms with Crippen molar-refractivity contribution in [1.82, 2.24) is 15.0 Å². The second-order valence-corrected chi connectivity index (χ2v) is 9.10. The summed E-state index contributed by atoms with van der Waals surface area (Å²) in [5.41, 5.74) is 5.68. The van der Waals surface area contributed by atoms with Crippen LogP contribution < -0.4 is 10.5 Å². The van der Waals surface area contributed by atoms with Gasteiger partial charge in [0.2, 0.25) is 11.8 Å². The number of hydrogen-bond donors (Lipinski definition) is 1. The molecule has 0 aromatic carbocycles. The number of thioether (sulfide) groups is 1. The van der Waals surface area contributed by atoms with Crippen LogP contribution in [0.2, 0.25) is 0 Å². The zero-order valence-corrected chi connectivity index (χ0v) is 17.5. The third kappa shape index (κ3) is 3.85. The van der Waals surface area contributed by atoms with Gasteiger partial charge in [-0.15, -0.1) is 6.42 Å². The molecule has 0 amide bonds. The van der Waals surface area contributed by atoms with Crippen molar-refractivity contribution in [1.29, 1.82) is 0 Å². The Morgan fingerprint density at radius 3 is 2.87 bits per heavy atom. The first-order valence-electron chi connectivity index (χ1n) is 9.48. The van der Waals surface area contributed by atoms with Gasteiger partial charge in [-0.25, -0.2) is 19.3 Å². The van der Waals surface area contributed by atoms with E-state index in [1.165, 1.54) is 30.4 Å². The Labute approximate surface area is 181 Å². The van der Waals surface area contributed by atoms with E-state index in [0.717, 1.165) is 0 Å². The predicted molar refractivity (Wildman–Crippen MR) is 112 cm³/mol. The van der Waals surface area contributed by atoms with Crippen molar-refractivity contribution in [2.45, 2.75) is 30.1 Å². The van der Waals surface area contributed by atoms with E-state index < -0.39 is 22.9 Å². The number of fused-ring (bicyclic) bond motifs is 1. The average molecular weight is 443 g/mol. The summed E-state index contributed by atoms with van der Waals surface area (Å²) in [6.07, 6.45) is 9.48. The summed E-state index contributed by atoms with van der Waals surface area (Å²) in [6.45, 7) is 1.20. The van der Waals surface area contributed by atoms with Crippen molar-refractivity contribution in [2.24, 2.45) is 16.6 Å². The van der Waals surface area contributed by atoms with Crippen molar-refractivity contribution in [3.05, 3.63) is 47.4 Å². The van der Waals surface area contributed by atoms with Gasteiger partial charge in [0.1, 0.15) is 12.4 Å². The van der Waals surface area contributed by atoms with Crippen molar-refractivity contribution < 1.29 is 18.3 Å². The highest BCUT2D eigenvalue weighted by molar-refractivity contribution is 8.15. The quantitative estimate of drug-likeness (QED) is 0.398. The van der Waals surface area contributed by atoms with Crippen molar-refractivity contribution in [3.8, 4) is 18.2 Å². The maximum Gasteiger partial charge on any atom is 0.233 e. The summed E-state index contributed by atoms with van der Waals surface area (Å²) in [6, 6.07) is 1.55. The van der Waals surface area contributed by atoms with Gasteiger partial charge in [-0.2, -0.15) is 4.39 Å². The van der Waals surface area contributed by atoms with Crippen LogP contribution in [0.1, 0.15) is 35.0 Å². The molecule has 1 aliphatic carbocycles. The van der Waals surface area contributed by atoms with Gasteiger partial charge in [0, 0.05) is 24.1 Å². The number of nitrogens with zero attached hydrogens (tertiary/aromatic N) is 4. The van der Waals surface area contributed by atoms with E-state index in [1.54, 1.807) is 13.0 Å². The number of hydrogen-bond acceptors (Lipinski definition) is 8. The van der Waals surface area contributed by atoms with Crippen LogP contribution in [0.5, 0.6) is 5.88 Å². The number of ether oxygens (including phenoxy) is 1. The smallest absolute Gasteiger partial charge is 0.233 e. The van der Waals surface area contributed by atoms with E-state index in [2.05, 4.69) is 25.9 Å². The number of pyridine rings is 1. The zero-order valence-electron chi connectivity index (χ0n) is 16.6. The standard InChI is InChI=1S/C21H19F2N5O2S/c1-3-4-30-17-10-25-14(9-26-17)15(29)6-12-5-13(18(23)27-8-12)20(2)16-7-21(16,11-22)31-19(24)28-20/h1,5,8-10,16H,4,6-7,11H2,2H3,(H2,24,28)/t16-,20+,21+/m0/s1. The van der Waals surface area contributed by atoms with Crippen LogP contribution in [-0.4, -0.2) is 43.9 Å². The Hall–Kier alpha value is -3.06. The summed E-state index contributed by atoms with van der Waals surface area (Å²) in [4.78, 5) is 28.9. The van der Waals surface area contributed by atoms with E-state index in [4.69, 9.17) is 16.9 Å². The van der Waals surface area contributed by atoms with E-state index >= 15 is 0 Å². The normalized spacial score (nSPS) is 26.4. The van der Waals surface area contributed by atoms with E-state index in [9.17, 15) is 13.6 Å². The lowest BCUT2D eigenvalue weighted by Crippen LogP contribution is -2.37. The highest BCUT2D eigenvalue weighted by Gasteiger charge is 2.66. The number of rotatable bonds is 7. The molecular formula is C21H19F2N5O2S. The van der Waals surface area contributed by atoms with Crippen LogP contribution in [0.3, 0.4) is 0 Å². The lowest BCUT2D eigenvalue weighted by atomic mass is 9.86. The average Bonchev–Trinajstić information content (AvgIpc) is 3.49. The highest BCUT2D eigenvalue weighted by atomic mass is 32.2. The molecule has 0 spiro atoms. The van der Waals surface area contributed by atoms with Crippen molar-refractivity contribution in [3.63, 3.8) is 0 Å². The number of Topliss-reactive ketones (excluding diaryl/α,β-unsaturated/α-hetero) is 1. The molecule has 3 atom stereocenters. The molecule has 2 aliphatic rings. The van der Waals surface area contributed by atoms with E-state index in [0.29, 0.717) is 12.0 Å². The van der Waals surface area contributed by atoms with Gasteiger partial charge in [-0.05, 0) is 25.0 Å². The van der Waals surface area contributed by atoms with Gasteiger partial charge >= 0.3 is 0 Å². The number of nitrogens with two attached hydrogens (primary N) is 1. The molecule has 0 unspecified atom stereocenters. The largest absolute Gasteiger partial charge is 0.463 e. The number of aromatic nitrogens is 3. The van der Waals surface area contributed by atoms with Gasteiger partial charge in [0.15, 0.2) is 17.6 Å². The summed E-state index contributed by atoms with van der Waals surface area (Å²) < 4.78 is 32.8. The van der Waals surface area contributed by atoms with Crippen LogP contribution in [0.25, 0.3) is 0 Å². The molecule has 31 heavy (non-hydrogen) atoms. The monoisotopic (exact) mass is 443 g/mol. The highest BCUT2D eigenvalue weighted by Crippen LogP contribution is 2.65. The number of carbonyl (C=O) groups is 1. The molecule has 2 aromatic rings. The van der Waals surface area contributed by atoms with Crippen molar-refractivity contribution in [2.75, 3.05) is 13.3 Å². The fourth-order valence-electron chi connectivity index (χ4n) is 3.94. The zero-order chi connectivity index (χ0) is 22.2. The summed E-state index contributed by atoms with van der Waals surface area (Å²) in [5, 5.41) is 0.220. The molecule has 2 aromatic heterocycles. The first-order valence-corrected chi connectivity index (χ1v) is 10.3. The molecule has 10 heteroatoms. The number of amidine groups is 1. The fourth-order valence-corrected chi connectivity index (χ4v) is 5.27. The minimum Gasteiger partial charge on any atom is -0.463 e. The molecular weight excluding hydrogens is 424 g/mol. The third-order valence-electron chi connectivity index (χ3n) is 5.60. The molecule has 1 saturated carbocycles. The van der Waals surface area contributed by atoms with Crippen LogP contribution >= 0.6 is 11.8 Å². The molecule has 0 bridgehead atoms. The first kappa shape index (κ1) is 21.2. The Kier molecular flexibility index (Phi) is 5.39. The van der Waals surface area contributed by atoms with Crippen molar-refractivity contribution >= 4 is 22.7 Å². The maximum absolute atomic E-state index is 14.7. The topological polar surface area (TPSA) is 103 Å². The first-order chi connectivity index (χ1) is 14.8. The number of aliphatic imine (C=N–C) groups is 1. The van der Waals surface area contributed by atoms with Crippen LogP contribution in [0.15, 0.2) is 29.6 Å². The second kappa shape index (κ2) is 7.89. The third-order valence-corrected chi connectivity index (χ3v) is 6.87. The van der Waals surface area contributed by atoms with Crippen LogP contribution in [-0.2, 0) is 12.0 Å². The Morgan fingerprint density at radius 1 is 1.39 bits per heavy atom. The van der Waals surface area contributed by atoms with Crippen LogP contribution in [0.4, 0.5) is 8.78 Å². The number of ketones is 1. The van der Waals surface area contributed by atoms with Gasteiger partial charge in [-0.3, -0.25) is 9.79 Å². The van der Waals surface area contributed by atoms with Crippen LogP contribution in [0, 0.1) is 24.2 Å². The van der Waals surface area contributed by atoms with E-state index in [-0.39, 0.29) is 47.0 Å². The van der Waals surface area contributed by atoms with Gasteiger partial charge in [0.05, 0.1) is 22.7 Å². The van der Waals surface area contributed by atoms with Gasteiger partial charge in [0.25, 0.3) is 0 Å². The molecule has 160 valence electrons. The number of carbonyl (C=O) groups excluding carboxylic acids is 1. The maximum atomic E-state index is 14.7. The number of alkyl halides is 1. The molecule has 4 rings (SSSR count). The molecule has 1 fully saturated rings. The predicted octanol–water partition coefficient (Wildman–Crippen LogP) is 2.45. The minimum atomic E-state index is -1.05. The van der Waals surface area contributed by atoms with Gasteiger partial charge in [-0.1, -0.05) is 17.7 Å². The van der Waals surface area contributed by atoms with E-state index in [1.807, 2.05) is 0 Å². The summed E-state index contributed by atoms with van der Waals surface area (Å²) in [5.74, 6) is 1.27. The number of terminal acetylenes is 1. The summed E-state index contributed by atoms with van der Waals surface area (Å²) in [7, 11) is 0. The molecule has 0 radical (unpaired) electrons.